The molecule has 7 heteroatoms. The maximum atomic E-state index is 13.0. The molecule has 32 heavy (non-hydrogen) atoms. The van der Waals surface area contributed by atoms with Crippen LogP contribution in [0.5, 0.6) is 0 Å². The summed E-state index contributed by atoms with van der Waals surface area (Å²) in [5.74, 6) is 0.636. The predicted octanol–water partition coefficient (Wildman–Crippen LogP) is 4.77. The van der Waals surface area contributed by atoms with Gasteiger partial charge in [-0.15, -0.1) is 5.10 Å². The largest absolute Gasteiger partial charge is 0.328 e. The minimum Gasteiger partial charge on any atom is -0.299 e. The van der Waals surface area contributed by atoms with Gasteiger partial charge in [-0.05, 0) is 46.0 Å². The van der Waals surface area contributed by atoms with E-state index in [9.17, 15) is 4.79 Å². The molecule has 164 valence electrons. The first-order valence-electron chi connectivity index (χ1n) is 11.1. The number of hydrogen-bond acceptors (Lipinski definition) is 4. The summed E-state index contributed by atoms with van der Waals surface area (Å²) in [5, 5.41) is 14.3. The fourth-order valence-electron chi connectivity index (χ4n) is 3.76. The second-order valence-corrected chi connectivity index (χ2v) is 7.77. The number of tetrazole rings is 1. The van der Waals surface area contributed by atoms with Gasteiger partial charge in [0.15, 0.2) is 5.82 Å². The number of rotatable bonds is 9. The maximum Gasteiger partial charge on any atom is 0.328 e. The van der Waals surface area contributed by atoms with E-state index >= 15 is 0 Å². The molecule has 0 saturated heterocycles. The first-order chi connectivity index (χ1) is 15.7. The molecule has 7 nitrogen and oxygen atoms in total. The van der Waals surface area contributed by atoms with E-state index in [1.165, 1.54) is 0 Å². The molecule has 0 radical (unpaired) electrons. The Bertz CT molecular complexity index is 1230. The van der Waals surface area contributed by atoms with Crippen LogP contribution in [0.15, 0.2) is 65.6 Å². The molecule has 0 amide bonds. The van der Waals surface area contributed by atoms with Gasteiger partial charge in [-0.3, -0.25) is 9.13 Å². The van der Waals surface area contributed by atoms with Gasteiger partial charge in [0, 0.05) is 18.3 Å². The predicted molar refractivity (Wildman–Crippen MR) is 127 cm³/mol. The van der Waals surface area contributed by atoms with Crippen LogP contribution >= 0.6 is 0 Å². The lowest BCUT2D eigenvalue weighted by molar-refractivity contribution is 0.594. The third-order valence-electron chi connectivity index (χ3n) is 5.49. The zero-order valence-corrected chi connectivity index (χ0v) is 18.5. The van der Waals surface area contributed by atoms with Crippen LogP contribution in [0.1, 0.15) is 44.4 Å². The number of nitrogens with zero attached hydrogens (tertiary/aromatic N) is 5. The number of benzene rings is 2. The fourth-order valence-corrected chi connectivity index (χ4v) is 3.76. The molecule has 2 aromatic heterocycles. The average molecular weight is 429 g/mol. The molecule has 0 aliphatic heterocycles. The lowest BCUT2D eigenvalue weighted by Gasteiger charge is -2.09. The number of hydrogen-bond donors (Lipinski definition) is 1. The van der Waals surface area contributed by atoms with Crippen LogP contribution in [-0.4, -0.2) is 29.8 Å². The zero-order chi connectivity index (χ0) is 22.3. The summed E-state index contributed by atoms with van der Waals surface area (Å²) in [6.45, 7) is 5.52. The molecule has 0 unspecified atom stereocenters. The average Bonchev–Trinajstić information content (AvgIpc) is 3.46. The lowest BCUT2D eigenvalue weighted by atomic mass is 9.98. The standard InChI is InChI=1S/C25H28N6O/c1-3-5-9-21-18-30(16-6-4-2)25(32)31(21)17-19-12-14-20(15-13-19)22-10-7-8-11-23(22)24-26-28-29-27-24/h5,7-15,18H,3-4,6,16-17H2,1-2H3,(H,26,27,28,29). The second-order valence-electron chi connectivity index (χ2n) is 7.77. The molecule has 0 aliphatic rings. The molecule has 4 aromatic rings. The monoisotopic (exact) mass is 428 g/mol. The third-order valence-corrected chi connectivity index (χ3v) is 5.49. The van der Waals surface area contributed by atoms with Crippen molar-refractivity contribution in [2.45, 2.75) is 46.2 Å². The van der Waals surface area contributed by atoms with Gasteiger partial charge >= 0.3 is 5.69 Å². The Morgan fingerprint density at radius 1 is 1.03 bits per heavy atom. The van der Waals surface area contributed by atoms with Crippen LogP contribution in [0, 0.1) is 0 Å². The Morgan fingerprint density at radius 2 is 1.81 bits per heavy atom. The van der Waals surface area contributed by atoms with Crippen LogP contribution < -0.4 is 5.69 Å². The van der Waals surface area contributed by atoms with Gasteiger partial charge in [0.25, 0.3) is 0 Å². The molecule has 0 spiro atoms. The number of aryl methyl sites for hydroxylation is 1. The van der Waals surface area contributed by atoms with E-state index in [1.807, 2.05) is 39.6 Å². The Morgan fingerprint density at radius 3 is 2.50 bits per heavy atom. The smallest absolute Gasteiger partial charge is 0.299 e. The van der Waals surface area contributed by atoms with Crippen molar-refractivity contribution >= 4 is 6.08 Å². The summed E-state index contributed by atoms with van der Waals surface area (Å²) in [4.78, 5) is 13.0. The highest BCUT2D eigenvalue weighted by molar-refractivity contribution is 5.80. The van der Waals surface area contributed by atoms with Crippen molar-refractivity contribution in [2.75, 3.05) is 0 Å². The SMILES string of the molecule is CCC=Cc1cn(CCCC)c(=O)n1Cc1ccc(-c2ccccc2-c2nnn[nH]2)cc1. The number of aromatic amines is 1. The fraction of sp³-hybridized carbons (Fsp3) is 0.280. The molecule has 1 N–H and O–H groups in total. The Hall–Kier alpha value is -3.74. The molecule has 2 heterocycles. The highest BCUT2D eigenvalue weighted by Crippen LogP contribution is 2.29. The number of unbranched alkanes of at least 4 members (excludes halogenated alkanes) is 1. The van der Waals surface area contributed by atoms with E-state index in [2.05, 4.69) is 70.9 Å². The highest BCUT2D eigenvalue weighted by Gasteiger charge is 2.12. The summed E-state index contributed by atoms with van der Waals surface area (Å²) < 4.78 is 3.68. The van der Waals surface area contributed by atoms with Gasteiger partial charge in [-0.1, -0.05) is 74.9 Å². The molecule has 0 bridgehead atoms. The normalized spacial score (nSPS) is 11.4. The van der Waals surface area contributed by atoms with Crippen LogP contribution in [0.4, 0.5) is 0 Å². The van der Waals surface area contributed by atoms with Gasteiger partial charge < -0.3 is 0 Å². The van der Waals surface area contributed by atoms with E-state index in [-0.39, 0.29) is 5.69 Å². The van der Waals surface area contributed by atoms with Gasteiger partial charge in [-0.25, -0.2) is 9.89 Å². The Labute approximate surface area is 187 Å². The number of H-pyrrole nitrogens is 1. The third kappa shape index (κ3) is 4.61. The van der Waals surface area contributed by atoms with E-state index in [0.717, 1.165) is 53.8 Å². The van der Waals surface area contributed by atoms with Crippen molar-refractivity contribution in [2.24, 2.45) is 0 Å². The first-order valence-corrected chi connectivity index (χ1v) is 11.1. The van der Waals surface area contributed by atoms with Crippen LogP contribution in [0.25, 0.3) is 28.6 Å². The van der Waals surface area contributed by atoms with Gasteiger partial charge in [-0.2, -0.15) is 0 Å². The summed E-state index contributed by atoms with van der Waals surface area (Å²) in [5.41, 5.74) is 5.13. The molecule has 2 aromatic carbocycles. The molecular weight excluding hydrogens is 400 g/mol. The van der Waals surface area contributed by atoms with Gasteiger partial charge in [0.05, 0.1) is 12.2 Å². The van der Waals surface area contributed by atoms with Crippen molar-refractivity contribution in [1.29, 1.82) is 0 Å². The minimum absolute atomic E-state index is 0.0430. The van der Waals surface area contributed by atoms with E-state index in [0.29, 0.717) is 12.4 Å². The molecular formula is C25H28N6O. The van der Waals surface area contributed by atoms with Crippen molar-refractivity contribution in [3.05, 3.63) is 82.5 Å². The second kappa shape index (κ2) is 10.0. The van der Waals surface area contributed by atoms with Crippen LogP contribution in [0.3, 0.4) is 0 Å². The van der Waals surface area contributed by atoms with E-state index in [1.54, 1.807) is 0 Å². The molecule has 0 fully saturated rings. The number of allylic oxidation sites excluding steroid dienone is 1. The summed E-state index contributed by atoms with van der Waals surface area (Å²) in [6.07, 6.45) is 9.09. The summed E-state index contributed by atoms with van der Waals surface area (Å²) in [6, 6.07) is 16.3. The Kier molecular flexibility index (Phi) is 6.75. The zero-order valence-electron chi connectivity index (χ0n) is 18.5. The highest BCUT2D eigenvalue weighted by atomic mass is 16.1. The van der Waals surface area contributed by atoms with Crippen molar-refractivity contribution in [3.8, 4) is 22.5 Å². The topological polar surface area (TPSA) is 81.4 Å². The maximum absolute atomic E-state index is 13.0. The molecule has 4 rings (SSSR count). The molecule has 0 aliphatic carbocycles. The van der Waals surface area contributed by atoms with Gasteiger partial charge in [0.2, 0.25) is 0 Å². The van der Waals surface area contributed by atoms with Crippen LogP contribution in [0.2, 0.25) is 0 Å². The lowest BCUT2D eigenvalue weighted by Crippen LogP contribution is -2.25. The van der Waals surface area contributed by atoms with E-state index in [4.69, 9.17) is 0 Å². The quantitative estimate of drug-likeness (QED) is 0.416. The first kappa shape index (κ1) is 21.5. The number of nitrogens with one attached hydrogen (secondary N) is 1. The minimum atomic E-state index is 0.0430. The summed E-state index contributed by atoms with van der Waals surface area (Å²) in [7, 11) is 0. The van der Waals surface area contributed by atoms with Crippen molar-refractivity contribution < 1.29 is 0 Å². The van der Waals surface area contributed by atoms with Gasteiger partial charge in [0.1, 0.15) is 0 Å². The van der Waals surface area contributed by atoms with E-state index < -0.39 is 0 Å². The molecule has 0 saturated carbocycles. The number of aromatic nitrogens is 6. The Balaban J connectivity index is 1.62. The van der Waals surface area contributed by atoms with Crippen molar-refractivity contribution in [3.63, 3.8) is 0 Å². The molecule has 0 atom stereocenters. The summed E-state index contributed by atoms with van der Waals surface area (Å²) >= 11 is 0. The number of imidazole rings is 1. The van der Waals surface area contributed by atoms with Crippen LogP contribution in [-0.2, 0) is 13.1 Å². The van der Waals surface area contributed by atoms with Crippen molar-refractivity contribution in [1.82, 2.24) is 29.8 Å².